The van der Waals surface area contributed by atoms with Crippen LogP contribution >= 0.6 is 0 Å². The molecule has 1 atom stereocenters. The molecule has 0 bridgehead atoms. The van der Waals surface area contributed by atoms with E-state index in [0.29, 0.717) is 18.0 Å². The predicted octanol–water partition coefficient (Wildman–Crippen LogP) is 5.34. The fourth-order valence-corrected chi connectivity index (χ4v) is 5.67. The zero-order valence-electron chi connectivity index (χ0n) is 21.0. The standard InChI is InChI=1S/C29H38N2O3/c1-28(2,3)24-16-18-29(19-17-24)30-25(15-12-21-8-6-5-7-9-21)26(32)31(29)20-22-10-13-23(14-11-22)27(33)34-4/h5-11,13-14,24-25,30H,12,15-20H2,1-4H3. The lowest BCUT2D eigenvalue weighted by atomic mass is 9.69. The van der Waals surface area contributed by atoms with E-state index in [9.17, 15) is 9.59 Å². The number of methoxy groups -OCH3 is 1. The molecule has 2 aromatic carbocycles. The van der Waals surface area contributed by atoms with E-state index in [4.69, 9.17) is 4.74 Å². The van der Waals surface area contributed by atoms with Crippen LogP contribution in [0.5, 0.6) is 0 Å². The molecule has 5 nitrogen and oxygen atoms in total. The maximum atomic E-state index is 13.7. The van der Waals surface area contributed by atoms with E-state index in [-0.39, 0.29) is 29.0 Å². The lowest BCUT2D eigenvalue weighted by molar-refractivity contribution is -0.134. The van der Waals surface area contributed by atoms with Gasteiger partial charge in [0.1, 0.15) is 0 Å². The molecule has 2 fully saturated rings. The van der Waals surface area contributed by atoms with Crippen LogP contribution < -0.4 is 5.32 Å². The first-order valence-corrected chi connectivity index (χ1v) is 12.5. The fourth-order valence-electron chi connectivity index (χ4n) is 5.67. The average molecular weight is 463 g/mol. The van der Waals surface area contributed by atoms with Crippen LogP contribution in [0.2, 0.25) is 0 Å². The number of hydrogen-bond donors (Lipinski definition) is 1. The van der Waals surface area contributed by atoms with Crippen molar-refractivity contribution in [2.75, 3.05) is 7.11 Å². The summed E-state index contributed by atoms with van der Waals surface area (Å²) in [5.74, 6) is 0.519. The maximum Gasteiger partial charge on any atom is 0.337 e. The van der Waals surface area contributed by atoms with Gasteiger partial charge >= 0.3 is 5.97 Å². The number of rotatable bonds is 6. The molecule has 1 saturated carbocycles. The summed E-state index contributed by atoms with van der Waals surface area (Å²) in [6.45, 7) is 7.53. The zero-order valence-corrected chi connectivity index (χ0v) is 21.0. The van der Waals surface area contributed by atoms with Crippen molar-refractivity contribution >= 4 is 11.9 Å². The minimum atomic E-state index is -0.344. The monoisotopic (exact) mass is 462 g/mol. The van der Waals surface area contributed by atoms with Gasteiger partial charge < -0.3 is 9.64 Å². The average Bonchev–Trinajstić information content (AvgIpc) is 3.08. The summed E-state index contributed by atoms with van der Waals surface area (Å²) in [6, 6.07) is 17.7. The third kappa shape index (κ3) is 5.20. The van der Waals surface area contributed by atoms with E-state index in [2.05, 4.69) is 55.3 Å². The van der Waals surface area contributed by atoms with Crippen molar-refractivity contribution in [3.05, 3.63) is 71.3 Å². The maximum absolute atomic E-state index is 13.7. The number of amides is 1. The van der Waals surface area contributed by atoms with Crippen molar-refractivity contribution in [1.82, 2.24) is 10.2 Å². The molecule has 4 rings (SSSR count). The molecule has 1 spiro atoms. The van der Waals surface area contributed by atoms with Gasteiger partial charge in [0.15, 0.2) is 0 Å². The first-order valence-electron chi connectivity index (χ1n) is 12.5. The van der Waals surface area contributed by atoms with Crippen LogP contribution in [0.4, 0.5) is 0 Å². The summed E-state index contributed by atoms with van der Waals surface area (Å²) in [5.41, 5.74) is 2.81. The quantitative estimate of drug-likeness (QED) is 0.589. The molecular formula is C29H38N2O3. The summed E-state index contributed by atoms with van der Waals surface area (Å²) >= 11 is 0. The molecule has 34 heavy (non-hydrogen) atoms. The van der Waals surface area contributed by atoms with Gasteiger partial charge in [0.05, 0.1) is 24.4 Å². The molecule has 1 aliphatic carbocycles. The normalized spacial score (nSPS) is 25.1. The highest BCUT2D eigenvalue weighted by atomic mass is 16.5. The summed E-state index contributed by atoms with van der Waals surface area (Å²) in [7, 11) is 1.39. The molecule has 1 unspecified atom stereocenters. The molecule has 0 aromatic heterocycles. The van der Waals surface area contributed by atoms with Gasteiger partial charge in [-0.2, -0.15) is 0 Å². The number of esters is 1. The van der Waals surface area contributed by atoms with Crippen molar-refractivity contribution in [1.29, 1.82) is 0 Å². The van der Waals surface area contributed by atoms with Crippen molar-refractivity contribution in [2.45, 2.75) is 77.5 Å². The summed E-state index contributed by atoms with van der Waals surface area (Å²) in [6.07, 6.45) is 5.86. The number of aryl methyl sites for hydroxylation is 1. The molecule has 1 saturated heterocycles. The van der Waals surface area contributed by atoms with E-state index in [1.807, 2.05) is 18.2 Å². The lowest BCUT2D eigenvalue weighted by Gasteiger charge is -2.46. The van der Waals surface area contributed by atoms with E-state index in [1.165, 1.54) is 12.7 Å². The van der Waals surface area contributed by atoms with Gasteiger partial charge in [0.25, 0.3) is 0 Å². The molecule has 1 amide bonds. The molecule has 2 aromatic rings. The second kappa shape index (κ2) is 9.91. The SMILES string of the molecule is COC(=O)c1ccc(CN2C(=O)C(CCc3ccccc3)NC23CCC(C(C)(C)C)CC3)cc1. The van der Waals surface area contributed by atoms with Crippen LogP contribution in [-0.2, 0) is 22.5 Å². The van der Waals surface area contributed by atoms with Gasteiger partial charge in [-0.25, -0.2) is 4.79 Å². The number of nitrogens with zero attached hydrogens (tertiary/aromatic N) is 1. The third-order valence-electron chi connectivity index (χ3n) is 7.84. The minimum absolute atomic E-state index is 0.166. The summed E-state index contributed by atoms with van der Waals surface area (Å²) in [5, 5.41) is 3.81. The smallest absolute Gasteiger partial charge is 0.337 e. The van der Waals surface area contributed by atoms with Crippen LogP contribution in [0.3, 0.4) is 0 Å². The highest BCUT2D eigenvalue weighted by Crippen LogP contribution is 2.45. The van der Waals surface area contributed by atoms with Crippen LogP contribution in [-0.4, -0.2) is 35.6 Å². The summed E-state index contributed by atoms with van der Waals surface area (Å²) in [4.78, 5) is 27.6. The molecule has 1 aliphatic heterocycles. The van der Waals surface area contributed by atoms with Crippen LogP contribution in [0, 0.1) is 11.3 Å². The van der Waals surface area contributed by atoms with Gasteiger partial charge in [-0.15, -0.1) is 0 Å². The Balaban J connectivity index is 1.53. The van der Waals surface area contributed by atoms with Gasteiger partial charge in [-0.1, -0.05) is 63.2 Å². The van der Waals surface area contributed by atoms with Crippen LogP contribution in [0.15, 0.2) is 54.6 Å². The van der Waals surface area contributed by atoms with E-state index in [0.717, 1.165) is 44.1 Å². The van der Waals surface area contributed by atoms with E-state index < -0.39 is 0 Å². The molecule has 182 valence electrons. The minimum Gasteiger partial charge on any atom is -0.465 e. The predicted molar refractivity (Wildman–Crippen MR) is 134 cm³/mol. The molecule has 2 aliphatic rings. The van der Waals surface area contributed by atoms with E-state index >= 15 is 0 Å². The first kappa shape index (κ1) is 24.5. The Hall–Kier alpha value is -2.66. The van der Waals surface area contributed by atoms with Crippen molar-refractivity contribution in [3.63, 3.8) is 0 Å². The number of benzene rings is 2. The second-order valence-corrected chi connectivity index (χ2v) is 11.0. The van der Waals surface area contributed by atoms with Crippen LogP contribution in [0.1, 0.15) is 74.4 Å². The summed E-state index contributed by atoms with van der Waals surface area (Å²) < 4.78 is 4.82. The topological polar surface area (TPSA) is 58.6 Å². The number of carbonyl (C=O) groups is 2. The molecule has 1 N–H and O–H groups in total. The zero-order chi connectivity index (χ0) is 24.3. The number of nitrogens with one attached hydrogen (secondary N) is 1. The Morgan fingerprint density at radius 3 is 2.26 bits per heavy atom. The van der Waals surface area contributed by atoms with Crippen molar-refractivity contribution in [3.8, 4) is 0 Å². The Bertz CT molecular complexity index is 986. The first-order chi connectivity index (χ1) is 16.2. The molecule has 1 heterocycles. The molecular weight excluding hydrogens is 424 g/mol. The largest absolute Gasteiger partial charge is 0.465 e. The Kier molecular flexibility index (Phi) is 7.13. The van der Waals surface area contributed by atoms with Crippen LogP contribution in [0.25, 0.3) is 0 Å². The second-order valence-electron chi connectivity index (χ2n) is 11.0. The van der Waals surface area contributed by atoms with Crippen molar-refractivity contribution < 1.29 is 14.3 Å². The Labute approximate surface area is 203 Å². The molecule has 0 radical (unpaired) electrons. The van der Waals surface area contributed by atoms with Gasteiger partial charge in [-0.3, -0.25) is 10.1 Å². The lowest BCUT2D eigenvalue weighted by Crippen LogP contribution is -2.55. The van der Waals surface area contributed by atoms with Gasteiger partial charge in [-0.05, 0) is 73.1 Å². The molecule has 5 heteroatoms. The van der Waals surface area contributed by atoms with E-state index in [1.54, 1.807) is 12.1 Å². The highest BCUT2D eigenvalue weighted by molar-refractivity contribution is 5.89. The number of carbonyl (C=O) groups excluding carboxylic acids is 2. The number of ether oxygens (including phenoxy) is 1. The van der Waals surface area contributed by atoms with Gasteiger partial charge in [0, 0.05) is 6.54 Å². The van der Waals surface area contributed by atoms with Gasteiger partial charge in [0.2, 0.25) is 5.91 Å². The Morgan fingerprint density at radius 2 is 1.68 bits per heavy atom. The highest BCUT2D eigenvalue weighted by Gasteiger charge is 2.52. The third-order valence-corrected chi connectivity index (χ3v) is 7.84. The number of hydrogen-bond acceptors (Lipinski definition) is 4. The Morgan fingerprint density at radius 1 is 1.03 bits per heavy atom. The van der Waals surface area contributed by atoms with Crippen molar-refractivity contribution in [2.24, 2.45) is 11.3 Å². The fraction of sp³-hybridized carbons (Fsp3) is 0.517.